The van der Waals surface area contributed by atoms with E-state index in [-0.39, 0.29) is 0 Å². The minimum Gasteiger partial charge on any atom is -0.378 e. The molecule has 2 nitrogen and oxygen atoms in total. The second kappa shape index (κ2) is 6.65. The maximum Gasteiger partial charge on any atom is 0.0361 e. The number of nitrogens with one attached hydrogen (secondary N) is 1. The van der Waals surface area contributed by atoms with Gasteiger partial charge in [0.15, 0.2) is 0 Å². The minimum atomic E-state index is 0.431. The van der Waals surface area contributed by atoms with Crippen molar-refractivity contribution in [3.05, 3.63) is 29.8 Å². The summed E-state index contributed by atoms with van der Waals surface area (Å²) in [5.74, 6) is 0.749. The Balaban J connectivity index is 2.54. The van der Waals surface area contributed by atoms with Crippen molar-refractivity contribution in [3.63, 3.8) is 0 Å². The highest BCUT2D eigenvalue weighted by molar-refractivity contribution is 5.46. The maximum absolute atomic E-state index is 3.58. The Morgan fingerprint density at radius 2 is 1.71 bits per heavy atom. The Hall–Kier alpha value is -1.02. The van der Waals surface area contributed by atoms with Gasteiger partial charge in [0.2, 0.25) is 0 Å². The molecule has 0 saturated heterocycles. The molecule has 0 amide bonds. The smallest absolute Gasteiger partial charge is 0.0361 e. The largest absolute Gasteiger partial charge is 0.378 e. The third-order valence-electron chi connectivity index (χ3n) is 3.38. The molecular formula is C15H26N2. The van der Waals surface area contributed by atoms with Gasteiger partial charge in [-0.15, -0.1) is 0 Å². The SMILES string of the molecule is CCC(C)CNC(C)c1ccc(N(C)C)cc1. The van der Waals surface area contributed by atoms with Crippen LogP contribution < -0.4 is 10.2 Å². The van der Waals surface area contributed by atoms with Crippen molar-refractivity contribution in [2.45, 2.75) is 33.2 Å². The number of benzene rings is 1. The standard InChI is InChI=1S/C15H26N2/c1-6-12(2)11-16-13(3)14-7-9-15(10-8-14)17(4)5/h7-10,12-13,16H,6,11H2,1-5H3. The van der Waals surface area contributed by atoms with Crippen LogP contribution in [0.1, 0.15) is 38.8 Å². The van der Waals surface area contributed by atoms with Crippen LogP contribution in [0.3, 0.4) is 0 Å². The van der Waals surface area contributed by atoms with Crippen LogP contribution in [0.4, 0.5) is 5.69 Å². The van der Waals surface area contributed by atoms with Crippen LogP contribution in [-0.4, -0.2) is 20.6 Å². The number of nitrogens with zero attached hydrogens (tertiary/aromatic N) is 1. The Bertz CT molecular complexity index is 316. The van der Waals surface area contributed by atoms with Crippen LogP contribution in [0.15, 0.2) is 24.3 Å². The lowest BCUT2D eigenvalue weighted by atomic mass is 10.1. The Morgan fingerprint density at radius 3 is 2.18 bits per heavy atom. The van der Waals surface area contributed by atoms with Crippen LogP contribution in [-0.2, 0) is 0 Å². The van der Waals surface area contributed by atoms with Crippen LogP contribution in [0.2, 0.25) is 0 Å². The summed E-state index contributed by atoms with van der Waals surface area (Å²) in [6, 6.07) is 9.21. The summed E-state index contributed by atoms with van der Waals surface area (Å²) >= 11 is 0. The second-order valence-electron chi connectivity index (χ2n) is 5.13. The van der Waals surface area contributed by atoms with Gasteiger partial charge in [0.25, 0.3) is 0 Å². The Labute approximate surface area is 106 Å². The zero-order chi connectivity index (χ0) is 12.8. The van der Waals surface area contributed by atoms with Crippen molar-refractivity contribution in [1.29, 1.82) is 0 Å². The average molecular weight is 234 g/mol. The van der Waals surface area contributed by atoms with Gasteiger partial charge in [-0.25, -0.2) is 0 Å². The van der Waals surface area contributed by atoms with Gasteiger partial charge >= 0.3 is 0 Å². The minimum absolute atomic E-state index is 0.431. The summed E-state index contributed by atoms with van der Waals surface area (Å²) in [7, 11) is 4.14. The summed E-state index contributed by atoms with van der Waals surface area (Å²) in [4.78, 5) is 2.13. The van der Waals surface area contributed by atoms with Gasteiger partial charge in [0, 0.05) is 25.8 Å². The molecule has 0 radical (unpaired) electrons. The van der Waals surface area contributed by atoms with Crippen molar-refractivity contribution in [3.8, 4) is 0 Å². The van der Waals surface area contributed by atoms with E-state index < -0.39 is 0 Å². The first-order valence-corrected chi connectivity index (χ1v) is 6.55. The average Bonchev–Trinajstić information content (AvgIpc) is 2.35. The molecule has 2 atom stereocenters. The molecule has 0 aliphatic rings. The number of anilines is 1. The maximum atomic E-state index is 3.58. The first-order valence-electron chi connectivity index (χ1n) is 6.55. The fourth-order valence-corrected chi connectivity index (χ4v) is 1.70. The summed E-state index contributed by atoms with van der Waals surface area (Å²) in [5.41, 5.74) is 2.61. The van der Waals surface area contributed by atoms with E-state index in [1.54, 1.807) is 0 Å². The molecular weight excluding hydrogens is 208 g/mol. The summed E-state index contributed by atoms with van der Waals surface area (Å²) < 4.78 is 0. The first kappa shape index (κ1) is 14.0. The third-order valence-corrected chi connectivity index (χ3v) is 3.38. The molecule has 0 bridgehead atoms. The summed E-state index contributed by atoms with van der Waals surface area (Å²) in [6.45, 7) is 7.85. The van der Waals surface area contributed by atoms with Gasteiger partial charge in [0.05, 0.1) is 0 Å². The predicted octanol–water partition coefficient (Wildman–Crippen LogP) is 3.45. The summed E-state index contributed by atoms with van der Waals surface area (Å²) in [6.07, 6.45) is 1.24. The van der Waals surface area contributed by atoms with Crippen molar-refractivity contribution < 1.29 is 0 Å². The number of rotatable bonds is 6. The fraction of sp³-hybridized carbons (Fsp3) is 0.600. The van der Waals surface area contributed by atoms with E-state index in [1.807, 2.05) is 0 Å². The lowest BCUT2D eigenvalue weighted by Crippen LogP contribution is -2.24. The number of hydrogen-bond acceptors (Lipinski definition) is 2. The normalized spacial score (nSPS) is 14.4. The quantitative estimate of drug-likeness (QED) is 0.811. The van der Waals surface area contributed by atoms with Crippen molar-refractivity contribution >= 4 is 5.69 Å². The van der Waals surface area contributed by atoms with Gasteiger partial charge in [-0.2, -0.15) is 0 Å². The van der Waals surface area contributed by atoms with Gasteiger partial charge in [-0.1, -0.05) is 32.4 Å². The molecule has 1 rings (SSSR count). The molecule has 0 aliphatic heterocycles. The van der Waals surface area contributed by atoms with E-state index in [2.05, 4.69) is 69.3 Å². The van der Waals surface area contributed by atoms with Crippen molar-refractivity contribution in [1.82, 2.24) is 5.32 Å². The van der Waals surface area contributed by atoms with E-state index in [0.717, 1.165) is 12.5 Å². The molecule has 0 heterocycles. The van der Waals surface area contributed by atoms with Crippen LogP contribution in [0.5, 0.6) is 0 Å². The summed E-state index contributed by atoms with van der Waals surface area (Å²) in [5, 5.41) is 3.58. The Morgan fingerprint density at radius 1 is 1.12 bits per heavy atom. The molecule has 0 spiro atoms. The third kappa shape index (κ3) is 4.39. The highest BCUT2D eigenvalue weighted by Crippen LogP contribution is 2.17. The molecule has 0 aliphatic carbocycles. The highest BCUT2D eigenvalue weighted by atomic mass is 15.1. The van der Waals surface area contributed by atoms with Gasteiger partial charge in [-0.05, 0) is 37.1 Å². The molecule has 2 heteroatoms. The van der Waals surface area contributed by atoms with Crippen molar-refractivity contribution in [2.24, 2.45) is 5.92 Å². The van der Waals surface area contributed by atoms with Gasteiger partial charge in [-0.3, -0.25) is 0 Å². The van der Waals surface area contributed by atoms with E-state index in [1.165, 1.54) is 17.7 Å². The molecule has 0 saturated carbocycles. The lowest BCUT2D eigenvalue weighted by molar-refractivity contribution is 0.461. The fourth-order valence-electron chi connectivity index (χ4n) is 1.70. The van der Waals surface area contributed by atoms with Crippen LogP contribution >= 0.6 is 0 Å². The molecule has 2 unspecified atom stereocenters. The molecule has 1 aromatic carbocycles. The van der Waals surface area contributed by atoms with E-state index >= 15 is 0 Å². The highest BCUT2D eigenvalue weighted by Gasteiger charge is 2.06. The number of hydrogen-bond donors (Lipinski definition) is 1. The second-order valence-corrected chi connectivity index (χ2v) is 5.13. The lowest BCUT2D eigenvalue weighted by Gasteiger charge is -2.18. The van der Waals surface area contributed by atoms with Crippen molar-refractivity contribution in [2.75, 3.05) is 25.5 Å². The van der Waals surface area contributed by atoms with E-state index in [0.29, 0.717) is 6.04 Å². The van der Waals surface area contributed by atoms with Crippen LogP contribution in [0, 0.1) is 5.92 Å². The predicted molar refractivity (Wildman–Crippen MR) is 76.6 cm³/mol. The molecule has 1 N–H and O–H groups in total. The topological polar surface area (TPSA) is 15.3 Å². The molecule has 0 fully saturated rings. The first-order chi connectivity index (χ1) is 8.04. The molecule has 96 valence electrons. The Kier molecular flexibility index (Phi) is 5.49. The molecule has 17 heavy (non-hydrogen) atoms. The van der Waals surface area contributed by atoms with Gasteiger partial charge < -0.3 is 10.2 Å². The van der Waals surface area contributed by atoms with Gasteiger partial charge in [0.1, 0.15) is 0 Å². The monoisotopic (exact) mass is 234 g/mol. The zero-order valence-corrected chi connectivity index (χ0v) is 11.8. The van der Waals surface area contributed by atoms with Crippen LogP contribution in [0.25, 0.3) is 0 Å². The zero-order valence-electron chi connectivity index (χ0n) is 11.8. The van der Waals surface area contributed by atoms with E-state index in [4.69, 9.17) is 0 Å². The molecule has 1 aromatic rings. The van der Waals surface area contributed by atoms with E-state index in [9.17, 15) is 0 Å². The molecule has 0 aromatic heterocycles.